The number of carbonyl (C=O) groups excluding carboxylic acids is 3. The molecule has 4 rings (SSSR count). The average Bonchev–Trinajstić information content (AvgIpc) is 2.99. The highest BCUT2D eigenvalue weighted by atomic mass is 32.2. The number of thioether (sulfide) groups is 1. The molecule has 2 unspecified atom stereocenters. The first-order valence-corrected chi connectivity index (χ1v) is 10.6. The van der Waals surface area contributed by atoms with E-state index >= 15 is 0 Å². The number of aryl methyl sites for hydroxylation is 1. The van der Waals surface area contributed by atoms with Crippen molar-refractivity contribution < 1.29 is 14.4 Å². The van der Waals surface area contributed by atoms with Gasteiger partial charge < -0.3 is 5.32 Å². The number of carbonyl (C=O) groups is 3. The van der Waals surface area contributed by atoms with Crippen LogP contribution in [0.15, 0.2) is 65.6 Å². The first-order valence-electron chi connectivity index (χ1n) is 9.65. The quantitative estimate of drug-likeness (QED) is 0.460. The number of rotatable bonds is 5. The molecule has 1 N–H and O–H groups in total. The smallest absolute Gasteiger partial charge is 0.238 e. The summed E-state index contributed by atoms with van der Waals surface area (Å²) >= 11 is 1.41. The van der Waals surface area contributed by atoms with E-state index in [1.165, 1.54) is 16.7 Å². The molecule has 2 atom stereocenters. The predicted octanol–water partition coefficient (Wildman–Crippen LogP) is 4.18. The Hall–Kier alpha value is -2.86. The van der Waals surface area contributed by atoms with Crippen molar-refractivity contribution >= 4 is 40.9 Å². The van der Waals surface area contributed by atoms with Crippen molar-refractivity contribution in [1.29, 1.82) is 0 Å². The van der Waals surface area contributed by atoms with Crippen molar-refractivity contribution in [3.8, 4) is 0 Å². The molecule has 2 aromatic rings. The summed E-state index contributed by atoms with van der Waals surface area (Å²) in [5, 5.41) is 2.87. The van der Waals surface area contributed by atoms with E-state index in [2.05, 4.69) is 5.32 Å². The van der Waals surface area contributed by atoms with Crippen LogP contribution in [0.2, 0.25) is 0 Å². The second-order valence-corrected chi connectivity index (χ2v) is 8.41. The van der Waals surface area contributed by atoms with Gasteiger partial charge in [-0.2, -0.15) is 0 Å². The van der Waals surface area contributed by atoms with E-state index in [-0.39, 0.29) is 35.3 Å². The van der Waals surface area contributed by atoms with Crippen LogP contribution in [0.1, 0.15) is 18.4 Å². The van der Waals surface area contributed by atoms with Crippen molar-refractivity contribution in [2.24, 2.45) is 11.8 Å². The van der Waals surface area contributed by atoms with Crippen molar-refractivity contribution in [2.45, 2.75) is 24.7 Å². The summed E-state index contributed by atoms with van der Waals surface area (Å²) in [7, 11) is 0. The molecule has 1 saturated heterocycles. The Labute approximate surface area is 174 Å². The van der Waals surface area contributed by atoms with Gasteiger partial charge in [0.1, 0.15) is 0 Å². The van der Waals surface area contributed by atoms with Crippen LogP contribution in [0.4, 0.5) is 11.4 Å². The number of hydrogen-bond donors (Lipinski definition) is 1. The van der Waals surface area contributed by atoms with Gasteiger partial charge in [-0.25, -0.2) is 0 Å². The summed E-state index contributed by atoms with van der Waals surface area (Å²) in [5.41, 5.74) is 2.52. The Morgan fingerprint density at radius 2 is 1.55 bits per heavy atom. The van der Waals surface area contributed by atoms with Crippen LogP contribution in [0, 0.1) is 18.8 Å². The molecule has 0 bridgehead atoms. The molecule has 0 radical (unpaired) electrons. The SMILES string of the molecule is Cc1ccc(NC(=O)CSc2ccc(N3C(=O)C4CC=CCC4C3=O)cc2)cc1. The summed E-state index contributed by atoms with van der Waals surface area (Å²) in [6.45, 7) is 2.00. The van der Waals surface area contributed by atoms with E-state index in [4.69, 9.17) is 0 Å². The molecule has 1 heterocycles. The van der Waals surface area contributed by atoms with E-state index in [9.17, 15) is 14.4 Å². The van der Waals surface area contributed by atoms with Gasteiger partial charge in [0.15, 0.2) is 0 Å². The van der Waals surface area contributed by atoms with E-state index in [0.29, 0.717) is 18.5 Å². The number of anilines is 2. The molecule has 1 fully saturated rings. The van der Waals surface area contributed by atoms with Crippen LogP contribution in [0.5, 0.6) is 0 Å². The van der Waals surface area contributed by atoms with Crippen LogP contribution in [0.25, 0.3) is 0 Å². The number of nitrogens with zero attached hydrogens (tertiary/aromatic N) is 1. The van der Waals surface area contributed by atoms with Crippen molar-refractivity contribution in [3.63, 3.8) is 0 Å². The molecule has 1 aliphatic carbocycles. The van der Waals surface area contributed by atoms with Crippen LogP contribution in [-0.4, -0.2) is 23.5 Å². The zero-order chi connectivity index (χ0) is 20.4. The summed E-state index contributed by atoms with van der Waals surface area (Å²) < 4.78 is 0. The molecule has 2 aliphatic rings. The Balaban J connectivity index is 1.36. The second-order valence-electron chi connectivity index (χ2n) is 7.36. The molecule has 1 aliphatic heterocycles. The lowest BCUT2D eigenvalue weighted by Gasteiger charge is -2.15. The first kappa shape index (κ1) is 19.5. The molecule has 29 heavy (non-hydrogen) atoms. The van der Waals surface area contributed by atoms with Crippen LogP contribution in [-0.2, 0) is 14.4 Å². The number of benzene rings is 2. The van der Waals surface area contributed by atoms with Crippen molar-refractivity contribution in [2.75, 3.05) is 16.0 Å². The molecule has 0 aromatic heterocycles. The Morgan fingerprint density at radius 1 is 0.966 bits per heavy atom. The Bertz CT molecular complexity index is 941. The van der Waals surface area contributed by atoms with Crippen LogP contribution >= 0.6 is 11.8 Å². The van der Waals surface area contributed by atoms with E-state index in [0.717, 1.165) is 16.1 Å². The van der Waals surface area contributed by atoms with Gasteiger partial charge in [0.05, 0.1) is 23.3 Å². The zero-order valence-corrected chi connectivity index (χ0v) is 16.9. The highest BCUT2D eigenvalue weighted by Crippen LogP contribution is 2.38. The highest BCUT2D eigenvalue weighted by Gasteiger charge is 2.47. The normalized spacial score (nSPS) is 20.7. The number of nitrogens with one attached hydrogen (secondary N) is 1. The molecule has 0 saturated carbocycles. The third-order valence-corrected chi connectivity index (χ3v) is 6.32. The summed E-state index contributed by atoms with van der Waals surface area (Å²) in [4.78, 5) is 39.7. The fourth-order valence-corrected chi connectivity index (χ4v) is 4.43. The molecule has 6 heteroatoms. The lowest BCUT2D eigenvalue weighted by Crippen LogP contribution is -2.30. The number of hydrogen-bond acceptors (Lipinski definition) is 4. The third-order valence-electron chi connectivity index (χ3n) is 5.31. The van der Waals surface area contributed by atoms with Crippen molar-refractivity contribution in [3.05, 3.63) is 66.2 Å². The average molecular weight is 407 g/mol. The number of allylic oxidation sites excluding steroid dienone is 2. The predicted molar refractivity (Wildman–Crippen MR) is 115 cm³/mol. The minimum absolute atomic E-state index is 0.0793. The van der Waals surface area contributed by atoms with Gasteiger partial charge in [0, 0.05) is 10.6 Å². The second kappa shape index (κ2) is 8.25. The largest absolute Gasteiger partial charge is 0.325 e. The van der Waals surface area contributed by atoms with E-state index in [1.54, 1.807) is 12.1 Å². The van der Waals surface area contributed by atoms with Gasteiger partial charge in [0.25, 0.3) is 0 Å². The molecule has 0 spiro atoms. The number of imide groups is 1. The van der Waals surface area contributed by atoms with Crippen molar-refractivity contribution in [1.82, 2.24) is 0 Å². The standard InChI is InChI=1S/C23H22N2O3S/c1-15-6-8-16(9-7-15)24-21(26)14-29-18-12-10-17(11-13-18)25-22(27)19-4-2-3-5-20(19)23(25)28/h2-3,6-13,19-20H,4-5,14H2,1H3,(H,24,26). The topological polar surface area (TPSA) is 66.5 Å². The van der Waals surface area contributed by atoms with Gasteiger partial charge in [-0.05, 0) is 56.2 Å². The molecular formula is C23H22N2O3S. The highest BCUT2D eigenvalue weighted by molar-refractivity contribution is 8.00. The van der Waals surface area contributed by atoms with Gasteiger partial charge in [0.2, 0.25) is 17.7 Å². The summed E-state index contributed by atoms with van der Waals surface area (Å²) in [6.07, 6.45) is 5.24. The molecule has 148 valence electrons. The fraction of sp³-hybridized carbons (Fsp3) is 0.261. The monoisotopic (exact) mass is 406 g/mol. The molecule has 5 nitrogen and oxygen atoms in total. The number of fused-ring (bicyclic) bond motifs is 1. The Kier molecular flexibility index (Phi) is 5.53. The minimum Gasteiger partial charge on any atom is -0.325 e. The first-order chi connectivity index (χ1) is 14.0. The summed E-state index contributed by atoms with van der Waals surface area (Å²) in [6, 6.07) is 14.9. The van der Waals surface area contributed by atoms with E-state index in [1.807, 2.05) is 55.5 Å². The van der Waals surface area contributed by atoms with Crippen LogP contribution < -0.4 is 10.2 Å². The molecule has 3 amide bonds. The zero-order valence-electron chi connectivity index (χ0n) is 16.1. The minimum atomic E-state index is -0.230. The Morgan fingerprint density at radius 3 is 2.14 bits per heavy atom. The number of amides is 3. The maximum atomic E-state index is 12.7. The maximum absolute atomic E-state index is 12.7. The van der Waals surface area contributed by atoms with E-state index < -0.39 is 0 Å². The van der Waals surface area contributed by atoms with Crippen LogP contribution in [0.3, 0.4) is 0 Å². The molecule has 2 aromatic carbocycles. The van der Waals surface area contributed by atoms with Gasteiger partial charge in [-0.1, -0.05) is 29.8 Å². The fourth-order valence-electron chi connectivity index (χ4n) is 3.73. The molecular weight excluding hydrogens is 384 g/mol. The lowest BCUT2D eigenvalue weighted by atomic mass is 9.85. The maximum Gasteiger partial charge on any atom is 0.238 e. The van der Waals surface area contributed by atoms with Gasteiger partial charge in [-0.15, -0.1) is 11.8 Å². The lowest BCUT2D eigenvalue weighted by molar-refractivity contribution is -0.122. The third kappa shape index (κ3) is 4.12. The van der Waals surface area contributed by atoms with Gasteiger partial charge >= 0.3 is 0 Å². The summed E-state index contributed by atoms with van der Waals surface area (Å²) in [5.74, 6) is -0.474. The van der Waals surface area contributed by atoms with Gasteiger partial charge in [-0.3, -0.25) is 19.3 Å².